The fraction of sp³-hybridized carbons (Fsp3) is 0.909. The van der Waals surface area contributed by atoms with E-state index in [0.717, 1.165) is 26.1 Å². The van der Waals surface area contributed by atoms with Crippen LogP contribution >= 0.6 is 0 Å². The van der Waals surface area contributed by atoms with Gasteiger partial charge in [-0.15, -0.1) is 0 Å². The van der Waals surface area contributed by atoms with Gasteiger partial charge in [0.25, 0.3) is 0 Å². The van der Waals surface area contributed by atoms with Crippen molar-refractivity contribution in [2.45, 2.75) is 38.8 Å². The van der Waals surface area contributed by atoms with Crippen molar-refractivity contribution >= 4 is 6.09 Å². The number of alkyl carbamates (subject to hydrolysis) is 1. The Bertz CT molecular complexity index is 238. The normalized spacial score (nSPS) is 22.1. The van der Waals surface area contributed by atoms with Crippen molar-refractivity contribution in [2.75, 3.05) is 26.2 Å². The van der Waals surface area contributed by atoms with Crippen LogP contribution in [0.3, 0.4) is 0 Å². The summed E-state index contributed by atoms with van der Waals surface area (Å²) in [5.74, 6) is 0. The number of carbonyl (C=O) groups is 1. The molecule has 0 spiro atoms. The number of likely N-dealkylation sites (tertiary alicyclic amines) is 1. The summed E-state index contributed by atoms with van der Waals surface area (Å²) in [5.41, 5.74) is 5.36. The average molecular weight is 229 g/mol. The molecule has 0 aliphatic carbocycles. The molecule has 94 valence electrons. The number of carbonyl (C=O) groups excluding carboxylic acids is 1. The van der Waals surface area contributed by atoms with Crippen LogP contribution in [0.5, 0.6) is 0 Å². The molecular formula is C11H23N3O2. The zero-order valence-corrected chi connectivity index (χ0v) is 10.5. The first-order valence-corrected chi connectivity index (χ1v) is 5.81. The van der Waals surface area contributed by atoms with Gasteiger partial charge < -0.3 is 15.8 Å². The van der Waals surface area contributed by atoms with Gasteiger partial charge in [-0.1, -0.05) is 0 Å². The second kappa shape index (κ2) is 5.50. The van der Waals surface area contributed by atoms with Crippen LogP contribution in [-0.4, -0.2) is 48.8 Å². The third-order valence-corrected chi connectivity index (χ3v) is 2.41. The van der Waals surface area contributed by atoms with E-state index >= 15 is 0 Å². The fourth-order valence-corrected chi connectivity index (χ4v) is 1.70. The first kappa shape index (κ1) is 13.3. The van der Waals surface area contributed by atoms with E-state index < -0.39 is 5.60 Å². The van der Waals surface area contributed by atoms with Crippen molar-refractivity contribution in [2.24, 2.45) is 5.73 Å². The molecule has 0 aromatic rings. The first-order chi connectivity index (χ1) is 7.37. The number of nitrogens with two attached hydrogens (primary N) is 1. The van der Waals surface area contributed by atoms with Crippen LogP contribution in [0.1, 0.15) is 27.2 Å². The van der Waals surface area contributed by atoms with Crippen LogP contribution in [-0.2, 0) is 4.74 Å². The van der Waals surface area contributed by atoms with Crippen LogP contribution in [0.15, 0.2) is 0 Å². The number of ether oxygens (including phenoxy) is 1. The Balaban J connectivity index is 2.09. The second-order valence-electron chi connectivity index (χ2n) is 5.28. The van der Waals surface area contributed by atoms with Crippen LogP contribution in [0.2, 0.25) is 0 Å². The lowest BCUT2D eigenvalue weighted by Crippen LogP contribution is -2.38. The molecule has 1 amide bonds. The molecule has 1 fully saturated rings. The molecule has 0 aromatic heterocycles. The molecule has 1 rings (SSSR count). The summed E-state index contributed by atoms with van der Waals surface area (Å²) < 4.78 is 5.13. The maximum Gasteiger partial charge on any atom is 0.407 e. The zero-order valence-electron chi connectivity index (χ0n) is 10.5. The average Bonchev–Trinajstić information content (AvgIpc) is 2.48. The molecule has 1 saturated heterocycles. The van der Waals surface area contributed by atoms with Crippen molar-refractivity contribution in [1.82, 2.24) is 10.2 Å². The van der Waals surface area contributed by atoms with Crippen LogP contribution in [0.25, 0.3) is 0 Å². The lowest BCUT2D eigenvalue weighted by Gasteiger charge is -2.20. The number of nitrogens with zero attached hydrogens (tertiary/aromatic N) is 1. The highest BCUT2D eigenvalue weighted by atomic mass is 16.6. The molecule has 0 bridgehead atoms. The molecule has 16 heavy (non-hydrogen) atoms. The predicted octanol–water partition coefficient (Wildman–Crippen LogP) is 0.544. The number of amides is 1. The van der Waals surface area contributed by atoms with Gasteiger partial charge in [0, 0.05) is 25.7 Å². The van der Waals surface area contributed by atoms with Crippen molar-refractivity contribution in [3.63, 3.8) is 0 Å². The molecule has 1 atom stereocenters. The summed E-state index contributed by atoms with van der Waals surface area (Å²) in [4.78, 5) is 13.6. The smallest absolute Gasteiger partial charge is 0.407 e. The fourth-order valence-electron chi connectivity index (χ4n) is 1.70. The van der Waals surface area contributed by atoms with Gasteiger partial charge in [0.15, 0.2) is 0 Å². The Morgan fingerprint density at radius 2 is 2.25 bits per heavy atom. The maximum absolute atomic E-state index is 11.3. The molecule has 1 heterocycles. The van der Waals surface area contributed by atoms with E-state index in [2.05, 4.69) is 10.2 Å². The van der Waals surface area contributed by atoms with E-state index in [4.69, 9.17) is 10.5 Å². The van der Waals surface area contributed by atoms with E-state index in [0.29, 0.717) is 12.6 Å². The molecule has 5 heteroatoms. The largest absolute Gasteiger partial charge is 0.444 e. The summed E-state index contributed by atoms with van der Waals surface area (Å²) in [6, 6.07) is 0.293. The van der Waals surface area contributed by atoms with Crippen molar-refractivity contribution in [1.29, 1.82) is 0 Å². The number of hydrogen-bond donors (Lipinski definition) is 2. The minimum absolute atomic E-state index is 0.293. The minimum Gasteiger partial charge on any atom is -0.444 e. The number of hydrogen-bond acceptors (Lipinski definition) is 4. The zero-order chi connectivity index (χ0) is 12.2. The van der Waals surface area contributed by atoms with E-state index in [1.165, 1.54) is 0 Å². The van der Waals surface area contributed by atoms with E-state index in [1.807, 2.05) is 20.8 Å². The Labute approximate surface area is 97.3 Å². The Hall–Kier alpha value is -0.810. The molecule has 1 aliphatic heterocycles. The Morgan fingerprint density at radius 3 is 2.75 bits per heavy atom. The van der Waals surface area contributed by atoms with Crippen molar-refractivity contribution in [3.8, 4) is 0 Å². The number of nitrogens with one attached hydrogen (secondary N) is 1. The first-order valence-electron chi connectivity index (χ1n) is 5.81. The van der Waals surface area contributed by atoms with Gasteiger partial charge in [-0.3, -0.25) is 4.90 Å². The van der Waals surface area contributed by atoms with Crippen LogP contribution in [0.4, 0.5) is 4.79 Å². The maximum atomic E-state index is 11.3. The van der Waals surface area contributed by atoms with Gasteiger partial charge in [0.2, 0.25) is 0 Å². The summed E-state index contributed by atoms with van der Waals surface area (Å²) in [7, 11) is 0. The third-order valence-electron chi connectivity index (χ3n) is 2.41. The van der Waals surface area contributed by atoms with Gasteiger partial charge in [0.05, 0.1) is 0 Å². The van der Waals surface area contributed by atoms with E-state index in [1.54, 1.807) is 0 Å². The van der Waals surface area contributed by atoms with Gasteiger partial charge in [-0.25, -0.2) is 4.79 Å². The molecule has 0 saturated carbocycles. The Morgan fingerprint density at radius 1 is 1.56 bits per heavy atom. The summed E-state index contributed by atoms with van der Waals surface area (Å²) in [6.07, 6.45) is 0.697. The molecule has 5 nitrogen and oxygen atoms in total. The second-order valence-corrected chi connectivity index (χ2v) is 5.28. The van der Waals surface area contributed by atoms with Gasteiger partial charge in [-0.05, 0) is 33.7 Å². The molecule has 0 radical (unpaired) electrons. The summed E-state index contributed by atoms with van der Waals surface area (Å²) >= 11 is 0. The lowest BCUT2D eigenvalue weighted by molar-refractivity contribution is 0.0523. The lowest BCUT2D eigenvalue weighted by atomic mass is 10.2. The molecule has 0 aromatic carbocycles. The monoisotopic (exact) mass is 229 g/mol. The van der Waals surface area contributed by atoms with Crippen molar-refractivity contribution < 1.29 is 9.53 Å². The van der Waals surface area contributed by atoms with E-state index in [9.17, 15) is 4.79 Å². The summed E-state index contributed by atoms with van der Waals surface area (Å²) in [5, 5.41) is 2.74. The quantitative estimate of drug-likeness (QED) is 0.741. The van der Waals surface area contributed by atoms with Crippen LogP contribution < -0.4 is 11.1 Å². The highest BCUT2D eigenvalue weighted by Crippen LogP contribution is 2.07. The standard InChI is InChI=1S/C11H23N3O2/c1-11(2,3)16-10(15)13-5-7-14-6-4-9(12)8-14/h9H,4-8,12H2,1-3H3,(H,13,15). The molecule has 1 aliphatic rings. The van der Waals surface area contributed by atoms with Crippen LogP contribution in [0, 0.1) is 0 Å². The highest BCUT2D eigenvalue weighted by Gasteiger charge is 2.19. The molecule has 3 N–H and O–H groups in total. The molecular weight excluding hydrogens is 206 g/mol. The summed E-state index contributed by atoms with van der Waals surface area (Å²) in [6.45, 7) is 8.96. The third kappa shape index (κ3) is 5.32. The Kier molecular flexibility index (Phi) is 4.56. The van der Waals surface area contributed by atoms with Crippen molar-refractivity contribution in [3.05, 3.63) is 0 Å². The number of rotatable bonds is 3. The van der Waals surface area contributed by atoms with Gasteiger partial charge in [0.1, 0.15) is 5.60 Å². The van der Waals surface area contributed by atoms with E-state index in [-0.39, 0.29) is 6.09 Å². The van der Waals surface area contributed by atoms with Gasteiger partial charge >= 0.3 is 6.09 Å². The topological polar surface area (TPSA) is 67.6 Å². The highest BCUT2D eigenvalue weighted by molar-refractivity contribution is 5.67. The SMILES string of the molecule is CC(C)(C)OC(=O)NCCN1CCC(N)C1. The predicted molar refractivity (Wildman–Crippen MR) is 63.3 cm³/mol. The van der Waals surface area contributed by atoms with Gasteiger partial charge in [-0.2, -0.15) is 0 Å². The molecule has 1 unspecified atom stereocenters. The minimum atomic E-state index is -0.430.